The van der Waals surface area contributed by atoms with E-state index in [0.717, 1.165) is 32.2 Å². The van der Waals surface area contributed by atoms with Crippen molar-refractivity contribution >= 4 is 5.91 Å². The molecule has 1 aliphatic carbocycles. The molecule has 0 radical (unpaired) electrons. The molecule has 4 heteroatoms. The van der Waals surface area contributed by atoms with Gasteiger partial charge in [0, 0.05) is 12.5 Å². The molecule has 4 N–H and O–H groups in total. The molecule has 0 heterocycles. The van der Waals surface area contributed by atoms with E-state index in [9.17, 15) is 9.90 Å². The second kappa shape index (κ2) is 6.36. The van der Waals surface area contributed by atoms with E-state index < -0.39 is 5.60 Å². The topological polar surface area (TPSA) is 75.3 Å². The smallest absolute Gasteiger partial charge is 0.223 e. The Labute approximate surface area is 104 Å². The number of hydrogen-bond acceptors (Lipinski definition) is 3. The molecule has 1 rings (SSSR count). The van der Waals surface area contributed by atoms with Gasteiger partial charge in [0.05, 0.1) is 5.60 Å². The van der Waals surface area contributed by atoms with Crippen LogP contribution in [0.5, 0.6) is 0 Å². The van der Waals surface area contributed by atoms with Crippen LogP contribution < -0.4 is 11.1 Å². The molecule has 1 unspecified atom stereocenters. The van der Waals surface area contributed by atoms with Gasteiger partial charge in [-0.1, -0.05) is 6.92 Å². The Morgan fingerprint density at radius 1 is 1.41 bits per heavy atom. The fourth-order valence-corrected chi connectivity index (χ4v) is 2.21. The highest BCUT2D eigenvalue weighted by Gasteiger charge is 2.27. The van der Waals surface area contributed by atoms with Crippen molar-refractivity contribution in [2.45, 2.75) is 51.6 Å². The fourth-order valence-electron chi connectivity index (χ4n) is 2.21. The van der Waals surface area contributed by atoms with Crippen LogP contribution in [0.1, 0.15) is 46.0 Å². The predicted octanol–water partition coefficient (Wildman–Crippen LogP) is 1.03. The maximum absolute atomic E-state index is 11.9. The lowest BCUT2D eigenvalue weighted by molar-refractivity contribution is -0.127. The minimum atomic E-state index is -0.788. The van der Waals surface area contributed by atoms with Gasteiger partial charge in [0.1, 0.15) is 0 Å². The Morgan fingerprint density at radius 2 is 2.00 bits per heavy atom. The van der Waals surface area contributed by atoms with Crippen LogP contribution in [0.25, 0.3) is 0 Å². The molecular formula is C13H26N2O2. The summed E-state index contributed by atoms with van der Waals surface area (Å²) in [5.74, 6) is 0.803. The minimum Gasteiger partial charge on any atom is -0.388 e. The zero-order valence-corrected chi connectivity index (χ0v) is 11.0. The van der Waals surface area contributed by atoms with Crippen LogP contribution in [0.15, 0.2) is 0 Å². The second-order valence-electron chi connectivity index (χ2n) is 5.52. The van der Waals surface area contributed by atoms with Crippen LogP contribution in [0.2, 0.25) is 0 Å². The zero-order valence-electron chi connectivity index (χ0n) is 11.0. The van der Waals surface area contributed by atoms with Crippen molar-refractivity contribution in [3.63, 3.8) is 0 Å². The first-order valence-electron chi connectivity index (χ1n) is 6.68. The van der Waals surface area contributed by atoms with Crippen molar-refractivity contribution in [3.8, 4) is 0 Å². The summed E-state index contributed by atoms with van der Waals surface area (Å²) >= 11 is 0. The maximum atomic E-state index is 11.9. The van der Waals surface area contributed by atoms with Gasteiger partial charge < -0.3 is 16.2 Å². The van der Waals surface area contributed by atoms with Crippen molar-refractivity contribution in [3.05, 3.63) is 0 Å². The highest BCUT2D eigenvalue weighted by Crippen LogP contribution is 2.28. The molecule has 0 aromatic heterocycles. The van der Waals surface area contributed by atoms with Crippen molar-refractivity contribution in [2.24, 2.45) is 17.6 Å². The standard InChI is InChI=1S/C13H26N2O2/c1-3-13(2,17)9-15-12(16)11-6-4-10(8-14)5-7-11/h10-11,17H,3-9,14H2,1-2H3,(H,15,16). The van der Waals surface area contributed by atoms with Crippen LogP contribution in [-0.4, -0.2) is 29.7 Å². The van der Waals surface area contributed by atoms with Gasteiger partial charge in [-0.2, -0.15) is 0 Å². The highest BCUT2D eigenvalue weighted by molar-refractivity contribution is 5.78. The third-order valence-electron chi connectivity index (χ3n) is 3.96. The monoisotopic (exact) mass is 242 g/mol. The fraction of sp³-hybridized carbons (Fsp3) is 0.923. The van der Waals surface area contributed by atoms with Crippen LogP contribution in [0.3, 0.4) is 0 Å². The Kier molecular flexibility index (Phi) is 5.40. The molecule has 100 valence electrons. The summed E-state index contributed by atoms with van der Waals surface area (Å²) in [7, 11) is 0. The highest BCUT2D eigenvalue weighted by atomic mass is 16.3. The number of carbonyl (C=O) groups excluding carboxylic acids is 1. The van der Waals surface area contributed by atoms with E-state index in [-0.39, 0.29) is 11.8 Å². The molecule has 0 aromatic rings. The van der Waals surface area contributed by atoms with E-state index in [1.165, 1.54) is 0 Å². The lowest BCUT2D eigenvalue weighted by Crippen LogP contribution is -2.43. The van der Waals surface area contributed by atoms with E-state index in [1.54, 1.807) is 6.92 Å². The third kappa shape index (κ3) is 4.64. The number of amides is 1. The molecular weight excluding hydrogens is 216 g/mol. The molecule has 1 amide bonds. The lowest BCUT2D eigenvalue weighted by Gasteiger charge is -2.28. The Morgan fingerprint density at radius 3 is 2.47 bits per heavy atom. The predicted molar refractivity (Wildman–Crippen MR) is 68.4 cm³/mol. The summed E-state index contributed by atoms with van der Waals surface area (Å²) in [5.41, 5.74) is 4.84. The second-order valence-corrected chi connectivity index (χ2v) is 5.52. The Hall–Kier alpha value is -0.610. The number of rotatable bonds is 5. The molecule has 1 fully saturated rings. The summed E-state index contributed by atoms with van der Waals surface area (Å²) in [6, 6.07) is 0. The van der Waals surface area contributed by atoms with Crippen molar-refractivity contribution < 1.29 is 9.90 Å². The Bertz CT molecular complexity index is 246. The summed E-state index contributed by atoms with van der Waals surface area (Å²) in [5, 5.41) is 12.7. The average molecular weight is 242 g/mol. The summed E-state index contributed by atoms with van der Waals surface area (Å²) in [4.78, 5) is 11.9. The van der Waals surface area contributed by atoms with Gasteiger partial charge in [-0.3, -0.25) is 4.79 Å². The Balaban J connectivity index is 2.30. The van der Waals surface area contributed by atoms with Crippen molar-refractivity contribution in [2.75, 3.05) is 13.1 Å². The summed E-state index contributed by atoms with van der Waals surface area (Å²) in [6.07, 6.45) is 4.62. The minimum absolute atomic E-state index is 0.0918. The molecule has 17 heavy (non-hydrogen) atoms. The van der Waals surface area contributed by atoms with Gasteiger partial charge in [-0.25, -0.2) is 0 Å². The first kappa shape index (κ1) is 14.5. The molecule has 1 aliphatic rings. The normalized spacial score (nSPS) is 28.5. The van der Waals surface area contributed by atoms with Gasteiger partial charge >= 0.3 is 0 Å². The van der Waals surface area contributed by atoms with Gasteiger partial charge in [-0.15, -0.1) is 0 Å². The SMILES string of the molecule is CCC(C)(O)CNC(=O)C1CCC(CN)CC1. The zero-order chi connectivity index (χ0) is 12.9. The average Bonchev–Trinajstić information content (AvgIpc) is 2.36. The van der Waals surface area contributed by atoms with E-state index >= 15 is 0 Å². The van der Waals surface area contributed by atoms with Crippen molar-refractivity contribution in [1.82, 2.24) is 5.32 Å². The lowest BCUT2D eigenvalue weighted by atomic mass is 9.81. The molecule has 0 spiro atoms. The van der Waals surface area contributed by atoms with Gasteiger partial charge in [0.2, 0.25) is 5.91 Å². The van der Waals surface area contributed by atoms with Gasteiger partial charge in [0.15, 0.2) is 0 Å². The van der Waals surface area contributed by atoms with Crippen molar-refractivity contribution in [1.29, 1.82) is 0 Å². The molecule has 0 aliphatic heterocycles. The quantitative estimate of drug-likeness (QED) is 0.674. The summed E-state index contributed by atoms with van der Waals surface area (Å²) < 4.78 is 0. The molecule has 0 aromatic carbocycles. The van der Waals surface area contributed by atoms with E-state index in [0.29, 0.717) is 18.9 Å². The first-order chi connectivity index (χ1) is 7.98. The summed E-state index contributed by atoms with van der Waals surface area (Å²) in [6.45, 7) is 4.75. The molecule has 4 nitrogen and oxygen atoms in total. The van der Waals surface area contributed by atoms with Crippen LogP contribution in [-0.2, 0) is 4.79 Å². The molecule has 1 saturated carbocycles. The maximum Gasteiger partial charge on any atom is 0.223 e. The largest absolute Gasteiger partial charge is 0.388 e. The van der Waals surface area contributed by atoms with Crippen LogP contribution in [0.4, 0.5) is 0 Å². The number of carbonyl (C=O) groups is 1. The van der Waals surface area contributed by atoms with Crippen LogP contribution >= 0.6 is 0 Å². The van der Waals surface area contributed by atoms with Gasteiger partial charge in [0.25, 0.3) is 0 Å². The van der Waals surface area contributed by atoms with Crippen LogP contribution in [0, 0.1) is 11.8 Å². The van der Waals surface area contributed by atoms with E-state index in [2.05, 4.69) is 5.32 Å². The number of nitrogens with two attached hydrogens (primary N) is 1. The molecule has 0 bridgehead atoms. The molecule has 0 saturated heterocycles. The number of nitrogens with one attached hydrogen (secondary N) is 1. The number of hydrogen-bond donors (Lipinski definition) is 3. The number of aliphatic hydroxyl groups is 1. The molecule has 1 atom stereocenters. The van der Waals surface area contributed by atoms with E-state index in [4.69, 9.17) is 5.73 Å². The third-order valence-corrected chi connectivity index (χ3v) is 3.96. The van der Waals surface area contributed by atoms with Gasteiger partial charge in [-0.05, 0) is 51.5 Å². The first-order valence-corrected chi connectivity index (χ1v) is 6.68. The van der Waals surface area contributed by atoms with E-state index in [1.807, 2.05) is 6.92 Å².